The predicted molar refractivity (Wildman–Crippen MR) is 118 cm³/mol. The van der Waals surface area contributed by atoms with E-state index in [0.29, 0.717) is 24.5 Å². The van der Waals surface area contributed by atoms with Crippen LogP contribution in [0, 0.1) is 0 Å². The zero-order valence-electron chi connectivity index (χ0n) is 17.5. The molecule has 30 heavy (non-hydrogen) atoms. The Labute approximate surface area is 177 Å². The summed E-state index contributed by atoms with van der Waals surface area (Å²) in [5.41, 5.74) is 2.28. The van der Waals surface area contributed by atoms with Crippen molar-refractivity contribution in [1.29, 1.82) is 0 Å². The van der Waals surface area contributed by atoms with Crippen molar-refractivity contribution in [3.05, 3.63) is 78.1 Å². The van der Waals surface area contributed by atoms with Crippen LogP contribution in [-0.2, 0) is 6.54 Å². The van der Waals surface area contributed by atoms with E-state index in [9.17, 15) is 4.79 Å². The molecule has 0 aliphatic heterocycles. The summed E-state index contributed by atoms with van der Waals surface area (Å²) in [4.78, 5) is 23.5. The molecular formula is C24H28N4O2. The number of nitrogens with one attached hydrogen (secondary N) is 1. The summed E-state index contributed by atoms with van der Waals surface area (Å²) in [7, 11) is 0. The van der Waals surface area contributed by atoms with E-state index in [1.807, 2.05) is 54.6 Å². The van der Waals surface area contributed by atoms with Crippen molar-refractivity contribution in [2.45, 2.75) is 20.4 Å². The van der Waals surface area contributed by atoms with Crippen molar-refractivity contribution in [3.63, 3.8) is 0 Å². The maximum Gasteiger partial charge on any atom is 0.254 e. The number of carbonyl (C=O) groups is 1. The molecule has 0 radical (unpaired) electrons. The maximum atomic E-state index is 12.5. The van der Waals surface area contributed by atoms with Crippen molar-refractivity contribution in [3.8, 4) is 17.1 Å². The van der Waals surface area contributed by atoms with Gasteiger partial charge in [-0.3, -0.25) is 4.79 Å². The second-order valence-corrected chi connectivity index (χ2v) is 6.83. The predicted octanol–water partition coefficient (Wildman–Crippen LogP) is 3.79. The minimum Gasteiger partial charge on any atom is -0.492 e. The number of rotatable bonds is 10. The van der Waals surface area contributed by atoms with Crippen LogP contribution in [0.5, 0.6) is 5.75 Å². The summed E-state index contributed by atoms with van der Waals surface area (Å²) in [5.74, 6) is 1.17. The van der Waals surface area contributed by atoms with Crippen LogP contribution in [0.4, 0.5) is 0 Å². The third kappa shape index (κ3) is 5.87. The molecule has 1 N–H and O–H groups in total. The van der Waals surface area contributed by atoms with Gasteiger partial charge in [0.2, 0.25) is 0 Å². The first-order valence-electron chi connectivity index (χ1n) is 10.3. The van der Waals surface area contributed by atoms with Crippen LogP contribution < -0.4 is 10.1 Å². The van der Waals surface area contributed by atoms with E-state index in [1.54, 1.807) is 12.4 Å². The summed E-state index contributed by atoms with van der Waals surface area (Å²) in [6.45, 7) is 8.15. The van der Waals surface area contributed by atoms with Crippen molar-refractivity contribution < 1.29 is 9.53 Å². The summed E-state index contributed by atoms with van der Waals surface area (Å²) in [6, 6.07) is 17.4. The number of hydrogen-bond acceptors (Lipinski definition) is 5. The molecule has 0 aliphatic rings. The molecule has 6 heteroatoms. The molecule has 0 atom stereocenters. The van der Waals surface area contributed by atoms with Crippen molar-refractivity contribution in [2.75, 3.05) is 26.2 Å². The van der Waals surface area contributed by atoms with Gasteiger partial charge >= 0.3 is 0 Å². The van der Waals surface area contributed by atoms with Gasteiger partial charge in [-0.2, -0.15) is 0 Å². The fourth-order valence-electron chi connectivity index (χ4n) is 3.07. The van der Waals surface area contributed by atoms with Crippen LogP contribution >= 0.6 is 0 Å². The average Bonchev–Trinajstić information content (AvgIpc) is 2.81. The lowest BCUT2D eigenvalue weighted by Crippen LogP contribution is -2.28. The van der Waals surface area contributed by atoms with Gasteiger partial charge in [0.1, 0.15) is 12.4 Å². The molecule has 0 bridgehead atoms. The van der Waals surface area contributed by atoms with Gasteiger partial charge in [0.05, 0.1) is 5.56 Å². The number of aromatic nitrogens is 2. The molecule has 0 unspecified atom stereocenters. The fourth-order valence-corrected chi connectivity index (χ4v) is 3.07. The van der Waals surface area contributed by atoms with E-state index in [-0.39, 0.29) is 5.91 Å². The van der Waals surface area contributed by atoms with E-state index in [2.05, 4.69) is 34.0 Å². The SMILES string of the molecule is CCN(CC)CCOc1ccccc1CNC(=O)c1cnc(-c2ccccc2)nc1. The first-order chi connectivity index (χ1) is 14.7. The molecule has 0 saturated heterocycles. The van der Waals surface area contributed by atoms with Crippen molar-refractivity contribution >= 4 is 5.91 Å². The third-order valence-corrected chi connectivity index (χ3v) is 4.92. The normalized spacial score (nSPS) is 10.8. The zero-order chi connectivity index (χ0) is 21.2. The van der Waals surface area contributed by atoms with Crippen molar-refractivity contribution in [1.82, 2.24) is 20.2 Å². The number of benzene rings is 2. The Bertz CT molecular complexity index is 925. The average molecular weight is 405 g/mol. The first-order valence-corrected chi connectivity index (χ1v) is 10.3. The molecule has 0 saturated carbocycles. The molecule has 2 aromatic carbocycles. The molecule has 1 aromatic heterocycles. The molecule has 1 amide bonds. The van der Waals surface area contributed by atoms with Gasteiger partial charge in [-0.1, -0.05) is 62.4 Å². The van der Waals surface area contributed by atoms with Gasteiger partial charge in [0.15, 0.2) is 5.82 Å². The van der Waals surface area contributed by atoms with Gasteiger partial charge < -0.3 is 15.0 Å². The number of carbonyl (C=O) groups excluding carboxylic acids is 1. The smallest absolute Gasteiger partial charge is 0.254 e. The lowest BCUT2D eigenvalue weighted by atomic mass is 10.2. The monoisotopic (exact) mass is 404 g/mol. The summed E-state index contributed by atoms with van der Waals surface area (Å²) in [6.07, 6.45) is 3.11. The van der Waals surface area contributed by atoms with Crippen LogP contribution in [0.3, 0.4) is 0 Å². The molecule has 6 nitrogen and oxygen atoms in total. The molecule has 1 heterocycles. The number of para-hydroxylation sites is 1. The van der Waals surface area contributed by atoms with Gasteiger partial charge in [-0.15, -0.1) is 0 Å². The minimum atomic E-state index is -0.215. The topological polar surface area (TPSA) is 67.3 Å². The van der Waals surface area contributed by atoms with E-state index in [0.717, 1.165) is 36.5 Å². The molecular weight excluding hydrogens is 376 g/mol. The highest BCUT2D eigenvalue weighted by molar-refractivity contribution is 5.93. The molecule has 0 fully saturated rings. The summed E-state index contributed by atoms with van der Waals surface area (Å²) < 4.78 is 5.96. The maximum absolute atomic E-state index is 12.5. The largest absolute Gasteiger partial charge is 0.492 e. The Balaban J connectivity index is 1.57. The Hall–Kier alpha value is -3.25. The van der Waals surface area contributed by atoms with Gasteiger partial charge in [0.25, 0.3) is 5.91 Å². The van der Waals surface area contributed by atoms with E-state index in [1.165, 1.54) is 0 Å². The summed E-state index contributed by atoms with van der Waals surface area (Å²) >= 11 is 0. The van der Waals surface area contributed by atoms with Crippen LogP contribution in [0.2, 0.25) is 0 Å². The lowest BCUT2D eigenvalue weighted by molar-refractivity contribution is 0.0950. The minimum absolute atomic E-state index is 0.215. The van der Waals surface area contributed by atoms with Crippen LogP contribution in [-0.4, -0.2) is 47.0 Å². The molecule has 3 aromatic rings. The quantitative estimate of drug-likeness (QED) is 0.557. The summed E-state index contributed by atoms with van der Waals surface area (Å²) in [5, 5.41) is 2.93. The van der Waals surface area contributed by atoms with E-state index >= 15 is 0 Å². The second kappa shape index (κ2) is 11.1. The standard InChI is InChI=1S/C24H28N4O2/c1-3-28(4-2)14-15-30-22-13-9-8-12-20(22)16-27-24(29)21-17-25-23(26-18-21)19-10-6-5-7-11-19/h5-13,17-18H,3-4,14-16H2,1-2H3,(H,27,29). The number of amides is 1. The Kier molecular flexibility index (Phi) is 7.92. The molecule has 0 aliphatic carbocycles. The highest BCUT2D eigenvalue weighted by Gasteiger charge is 2.10. The number of likely N-dealkylation sites (N-methyl/N-ethyl adjacent to an activating group) is 1. The van der Waals surface area contributed by atoms with E-state index < -0.39 is 0 Å². The van der Waals surface area contributed by atoms with Crippen LogP contribution in [0.15, 0.2) is 67.0 Å². The van der Waals surface area contributed by atoms with E-state index in [4.69, 9.17) is 4.74 Å². The Morgan fingerprint density at radius 3 is 2.33 bits per heavy atom. The fraction of sp³-hybridized carbons (Fsp3) is 0.292. The second-order valence-electron chi connectivity index (χ2n) is 6.83. The Morgan fingerprint density at radius 2 is 1.63 bits per heavy atom. The van der Waals surface area contributed by atoms with Gasteiger partial charge in [-0.05, 0) is 19.2 Å². The number of nitrogens with zero attached hydrogens (tertiary/aromatic N) is 3. The van der Waals surface area contributed by atoms with Gasteiger partial charge in [0, 0.05) is 36.6 Å². The molecule has 3 rings (SSSR count). The van der Waals surface area contributed by atoms with Crippen LogP contribution in [0.25, 0.3) is 11.4 Å². The number of ether oxygens (including phenoxy) is 1. The first kappa shape index (κ1) is 21.5. The molecule has 0 spiro atoms. The number of hydrogen-bond donors (Lipinski definition) is 1. The third-order valence-electron chi connectivity index (χ3n) is 4.92. The van der Waals surface area contributed by atoms with Gasteiger partial charge in [-0.25, -0.2) is 9.97 Å². The molecule has 156 valence electrons. The highest BCUT2D eigenvalue weighted by Crippen LogP contribution is 2.18. The Morgan fingerprint density at radius 1 is 0.967 bits per heavy atom. The van der Waals surface area contributed by atoms with Crippen LogP contribution in [0.1, 0.15) is 29.8 Å². The van der Waals surface area contributed by atoms with Crippen molar-refractivity contribution in [2.24, 2.45) is 0 Å². The lowest BCUT2D eigenvalue weighted by Gasteiger charge is -2.19. The highest BCUT2D eigenvalue weighted by atomic mass is 16.5. The zero-order valence-corrected chi connectivity index (χ0v) is 17.5.